The third-order valence-corrected chi connectivity index (χ3v) is 3.19. The minimum atomic E-state index is 0.511. The molecule has 0 saturated carbocycles. The van der Waals surface area contributed by atoms with Crippen LogP contribution in [0.15, 0.2) is 23.7 Å². The molecule has 0 aliphatic heterocycles. The van der Waals surface area contributed by atoms with Gasteiger partial charge in [-0.05, 0) is 12.1 Å². The molecule has 0 aliphatic carbocycles. The Morgan fingerprint density at radius 3 is 2.57 bits per heavy atom. The largest absolute Gasteiger partial charge is 0.389 e. The number of hydrogen-bond acceptors (Lipinski definition) is 3. The van der Waals surface area contributed by atoms with Crippen molar-refractivity contribution in [2.24, 2.45) is 0 Å². The Bertz CT molecular complexity index is 468. The highest BCUT2D eigenvalue weighted by Crippen LogP contribution is 2.32. The minimum absolute atomic E-state index is 0.511. The molecule has 2 nitrogen and oxygen atoms in total. The molecule has 0 unspecified atom stereocenters. The van der Waals surface area contributed by atoms with E-state index in [-0.39, 0.29) is 0 Å². The monoisotopic (exact) mass is 244 g/mol. The van der Waals surface area contributed by atoms with Crippen LogP contribution in [-0.2, 0) is 0 Å². The average molecular weight is 245 g/mol. The number of nitrogens with two attached hydrogens (primary N) is 1. The quantitative estimate of drug-likeness (QED) is 0.831. The number of halogens is 2. The molecule has 5 heteroatoms. The van der Waals surface area contributed by atoms with E-state index in [2.05, 4.69) is 4.98 Å². The van der Waals surface area contributed by atoms with E-state index in [1.807, 2.05) is 6.07 Å². The Labute approximate surface area is 95.3 Å². The fourth-order valence-electron chi connectivity index (χ4n) is 1.12. The van der Waals surface area contributed by atoms with Crippen molar-refractivity contribution in [3.63, 3.8) is 0 Å². The van der Waals surface area contributed by atoms with Crippen LogP contribution in [0.1, 0.15) is 0 Å². The minimum Gasteiger partial charge on any atom is -0.389 e. The smallest absolute Gasteiger partial charge is 0.114 e. The second-order valence-electron chi connectivity index (χ2n) is 2.69. The van der Waals surface area contributed by atoms with Crippen molar-refractivity contribution in [3.05, 3.63) is 33.8 Å². The molecule has 1 aromatic carbocycles. The molecule has 0 amide bonds. The van der Waals surface area contributed by atoms with Crippen molar-refractivity contribution in [2.45, 2.75) is 0 Å². The molecule has 1 heterocycles. The lowest BCUT2D eigenvalue weighted by molar-refractivity contribution is 1.41. The summed E-state index contributed by atoms with van der Waals surface area (Å²) >= 11 is 13.1. The first kappa shape index (κ1) is 9.77. The fraction of sp³-hybridized carbons (Fsp3) is 0. The SMILES string of the molecule is Nc1scnc1-c1ccc(Cl)c(Cl)c1. The molecule has 0 saturated heterocycles. The summed E-state index contributed by atoms with van der Waals surface area (Å²) in [6, 6.07) is 5.34. The van der Waals surface area contributed by atoms with E-state index in [1.165, 1.54) is 11.3 Å². The lowest BCUT2D eigenvalue weighted by atomic mass is 10.2. The van der Waals surface area contributed by atoms with E-state index < -0.39 is 0 Å². The molecule has 0 atom stereocenters. The van der Waals surface area contributed by atoms with Crippen LogP contribution in [0.4, 0.5) is 5.00 Å². The van der Waals surface area contributed by atoms with Crippen LogP contribution in [0.3, 0.4) is 0 Å². The number of thiazole rings is 1. The highest BCUT2D eigenvalue weighted by molar-refractivity contribution is 7.14. The van der Waals surface area contributed by atoms with Crippen LogP contribution < -0.4 is 5.73 Å². The normalized spacial score (nSPS) is 10.4. The summed E-state index contributed by atoms with van der Waals surface area (Å²) < 4.78 is 0. The molecule has 72 valence electrons. The Morgan fingerprint density at radius 2 is 2.00 bits per heavy atom. The summed E-state index contributed by atoms with van der Waals surface area (Å²) in [6.45, 7) is 0. The first-order chi connectivity index (χ1) is 6.68. The van der Waals surface area contributed by atoms with Gasteiger partial charge in [-0.1, -0.05) is 29.3 Å². The predicted octanol–water partition coefficient (Wildman–Crippen LogP) is 3.70. The average Bonchev–Trinajstić information content (AvgIpc) is 2.57. The lowest BCUT2D eigenvalue weighted by Gasteiger charge is -2.00. The van der Waals surface area contributed by atoms with Crippen molar-refractivity contribution < 1.29 is 0 Å². The summed E-state index contributed by atoms with van der Waals surface area (Å²) in [5.74, 6) is 0. The van der Waals surface area contributed by atoms with Gasteiger partial charge >= 0.3 is 0 Å². The highest BCUT2D eigenvalue weighted by Gasteiger charge is 2.07. The molecule has 2 N–H and O–H groups in total. The Balaban J connectivity index is 2.53. The number of nitrogen functional groups attached to an aromatic ring is 1. The van der Waals surface area contributed by atoms with Gasteiger partial charge in [0.25, 0.3) is 0 Å². The van der Waals surface area contributed by atoms with Crippen LogP contribution >= 0.6 is 34.5 Å². The molecule has 0 fully saturated rings. The number of nitrogens with zero attached hydrogens (tertiary/aromatic N) is 1. The predicted molar refractivity (Wildman–Crippen MR) is 62.0 cm³/mol. The van der Waals surface area contributed by atoms with Gasteiger partial charge in [0.1, 0.15) is 10.7 Å². The Kier molecular flexibility index (Phi) is 2.63. The Morgan fingerprint density at radius 1 is 1.21 bits per heavy atom. The van der Waals surface area contributed by atoms with Gasteiger partial charge in [0.05, 0.1) is 15.6 Å². The van der Waals surface area contributed by atoms with E-state index in [0.29, 0.717) is 15.0 Å². The van der Waals surface area contributed by atoms with Gasteiger partial charge < -0.3 is 5.73 Å². The number of aromatic nitrogens is 1. The van der Waals surface area contributed by atoms with E-state index >= 15 is 0 Å². The van der Waals surface area contributed by atoms with Crippen LogP contribution in [0, 0.1) is 0 Å². The number of benzene rings is 1. The summed E-state index contributed by atoms with van der Waals surface area (Å²) in [6.07, 6.45) is 0. The van der Waals surface area contributed by atoms with Crippen molar-refractivity contribution >= 4 is 39.5 Å². The van der Waals surface area contributed by atoms with Crippen molar-refractivity contribution in [1.82, 2.24) is 4.98 Å². The van der Waals surface area contributed by atoms with Gasteiger partial charge in [-0.25, -0.2) is 4.98 Å². The maximum absolute atomic E-state index is 5.89. The van der Waals surface area contributed by atoms with E-state index in [4.69, 9.17) is 28.9 Å². The van der Waals surface area contributed by atoms with Gasteiger partial charge in [0, 0.05) is 5.56 Å². The third kappa shape index (κ3) is 1.71. The van der Waals surface area contributed by atoms with Crippen molar-refractivity contribution in [3.8, 4) is 11.3 Å². The maximum Gasteiger partial charge on any atom is 0.114 e. The van der Waals surface area contributed by atoms with Crippen LogP contribution in [-0.4, -0.2) is 4.98 Å². The first-order valence-corrected chi connectivity index (χ1v) is 5.46. The van der Waals surface area contributed by atoms with Gasteiger partial charge in [-0.15, -0.1) is 11.3 Å². The third-order valence-electron chi connectivity index (χ3n) is 1.79. The molecule has 0 aliphatic rings. The summed E-state index contributed by atoms with van der Waals surface area (Å²) in [4.78, 5) is 4.15. The van der Waals surface area contributed by atoms with Gasteiger partial charge in [0.2, 0.25) is 0 Å². The van der Waals surface area contributed by atoms with Crippen LogP contribution in [0.25, 0.3) is 11.3 Å². The molecule has 2 rings (SSSR count). The molecule has 0 spiro atoms. The number of hydrogen-bond donors (Lipinski definition) is 1. The molecule has 0 radical (unpaired) electrons. The standard InChI is InChI=1S/C9H6Cl2N2S/c10-6-2-1-5(3-7(6)11)8-9(12)14-4-13-8/h1-4H,12H2. The zero-order chi connectivity index (χ0) is 10.1. The van der Waals surface area contributed by atoms with E-state index in [1.54, 1.807) is 17.6 Å². The van der Waals surface area contributed by atoms with E-state index in [0.717, 1.165) is 11.3 Å². The molecule has 0 bridgehead atoms. The summed E-state index contributed by atoms with van der Waals surface area (Å²) in [5.41, 5.74) is 9.09. The molecular formula is C9H6Cl2N2S. The second kappa shape index (κ2) is 3.77. The summed E-state index contributed by atoms with van der Waals surface area (Å²) in [5, 5.41) is 1.73. The molecule has 2 aromatic rings. The lowest BCUT2D eigenvalue weighted by Crippen LogP contribution is -1.85. The first-order valence-electron chi connectivity index (χ1n) is 3.83. The number of anilines is 1. The van der Waals surface area contributed by atoms with Crippen molar-refractivity contribution in [2.75, 3.05) is 5.73 Å². The van der Waals surface area contributed by atoms with Crippen molar-refractivity contribution in [1.29, 1.82) is 0 Å². The summed E-state index contributed by atoms with van der Waals surface area (Å²) in [7, 11) is 0. The molecular weight excluding hydrogens is 239 g/mol. The van der Waals surface area contributed by atoms with Crippen LogP contribution in [0.2, 0.25) is 10.0 Å². The van der Waals surface area contributed by atoms with Gasteiger partial charge in [-0.2, -0.15) is 0 Å². The fourth-order valence-corrected chi connectivity index (χ4v) is 1.97. The number of rotatable bonds is 1. The van der Waals surface area contributed by atoms with E-state index in [9.17, 15) is 0 Å². The zero-order valence-electron chi connectivity index (χ0n) is 7.00. The molecule has 1 aromatic heterocycles. The van der Waals surface area contributed by atoms with Gasteiger partial charge in [0.15, 0.2) is 0 Å². The zero-order valence-corrected chi connectivity index (χ0v) is 9.33. The highest BCUT2D eigenvalue weighted by atomic mass is 35.5. The topological polar surface area (TPSA) is 38.9 Å². The second-order valence-corrected chi connectivity index (χ2v) is 4.39. The maximum atomic E-state index is 5.89. The van der Waals surface area contributed by atoms with Crippen LogP contribution in [0.5, 0.6) is 0 Å². The Hall–Kier alpha value is -0.770. The molecule has 14 heavy (non-hydrogen) atoms. The van der Waals surface area contributed by atoms with Gasteiger partial charge in [-0.3, -0.25) is 0 Å².